The van der Waals surface area contributed by atoms with Crippen molar-refractivity contribution in [2.45, 2.75) is 32.2 Å². The van der Waals surface area contributed by atoms with E-state index in [0.717, 1.165) is 12.3 Å². The monoisotopic (exact) mass is 219 g/mol. The summed E-state index contributed by atoms with van der Waals surface area (Å²) in [5, 5.41) is 3.25. The van der Waals surface area contributed by atoms with Crippen LogP contribution in [-0.2, 0) is 0 Å². The zero-order valence-electron chi connectivity index (χ0n) is 9.44. The van der Waals surface area contributed by atoms with Gasteiger partial charge in [0, 0.05) is 12.2 Å². The molecule has 0 aliphatic heterocycles. The molecule has 0 spiro atoms. The summed E-state index contributed by atoms with van der Waals surface area (Å²) in [4.78, 5) is 15.3. The molecule has 1 atom stereocenters. The van der Waals surface area contributed by atoms with Gasteiger partial charge in [-0.2, -0.15) is 0 Å². The Morgan fingerprint density at radius 2 is 2.44 bits per heavy atom. The van der Waals surface area contributed by atoms with Gasteiger partial charge in [-0.3, -0.25) is 4.79 Å². The first-order valence-corrected chi connectivity index (χ1v) is 5.68. The van der Waals surface area contributed by atoms with Crippen molar-refractivity contribution in [2.24, 2.45) is 11.7 Å². The highest BCUT2D eigenvalue weighted by atomic mass is 16.1. The predicted molar refractivity (Wildman–Crippen MR) is 63.2 cm³/mol. The molecule has 4 nitrogen and oxygen atoms in total. The van der Waals surface area contributed by atoms with Gasteiger partial charge in [0.05, 0.1) is 5.56 Å². The van der Waals surface area contributed by atoms with E-state index in [2.05, 4.69) is 17.2 Å². The Kier molecular flexibility index (Phi) is 3.08. The van der Waals surface area contributed by atoms with Crippen LogP contribution in [0.4, 0.5) is 5.82 Å². The molecule has 16 heavy (non-hydrogen) atoms. The molecule has 0 radical (unpaired) electrons. The molecule has 4 heteroatoms. The van der Waals surface area contributed by atoms with E-state index in [0.29, 0.717) is 17.4 Å². The van der Waals surface area contributed by atoms with Crippen molar-refractivity contribution in [1.29, 1.82) is 0 Å². The fourth-order valence-electron chi connectivity index (χ4n) is 1.87. The van der Waals surface area contributed by atoms with Crippen LogP contribution < -0.4 is 11.1 Å². The van der Waals surface area contributed by atoms with Crippen molar-refractivity contribution >= 4 is 11.7 Å². The number of nitrogens with one attached hydrogen (secondary N) is 1. The van der Waals surface area contributed by atoms with Gasteiger partial charge in [0.1, 0.15) is 5.82 Å². The summed E-state index contributed by atoms with van der Waals surface area (Å²) in [5.41, 5.74) is 5.75. The van der Waals surface area contributed by atoms with Gasteiger partial charge in [0.15, 0.2) is 0 Å². The SMILES string of the molecule is CC(CC1CC1)Nc1ncccc1C(N)=O. The van der Waals surface area contributed by atoms with E-state index in [1.807, 2.05) is 0 Å². The van der Waals surface area contributed by atoms with Crippen LogP contribution in [-0.4, -0.2) is 16.9 Å². The van der Waals surface area contributed by atoms with E-state index in [-0.39, 0.29) is 0 Å². The van der Waals surface area contributed by atoms with Crippen LogP contribution in [0, 0.1) is 5.92 Å². The highest BCUT2D eigenvalue weighted by Gasteiger charge is 2.24. The van der Waals surface area contributed by atoms with E-state index in [1.54, 1.807) is 18.3 Å². The fourth-order valence-corrected chi connectivity index (χ4v) is 1.87. The van der Waals surface area contributed by atoms with Crippen LogP contribution in [0.25, 0.3) is 0 Å². The lowest BCUT2D eigenvalue weighted by molar-refractivity contribution is 0.100. The van der Waals surface area contributed by atoms with Gasteiger partial charge in [0.25, 0.3) is 5.91 Å². The van der Waals surface area contributed by atoms with Crippen molar-refractivity contribution in [2.75, 3.05) is 5.32 Å². The number of nitrogens with two attached hydrogens (primary N) is 1. The van der Waals surface area contributed by atoms with Crippen molar-refractivity contribution in [3.05, 3.63) is 23.9 Å². The van der Waals surface area contributed by atoms with Crippen molar-refractivity contribution in [3.8, 4) is 0 Å². The quantitative estimate of drug-likeness (QED) is 0.793. The van der Waals surface area contributed by atoms with Crippen molar-refractivity contribution in [3.63, 3.8) is 0 Å². The van der Waals surface area contributed by atoms with E-state index in [1.165, 1.54) is 12.8 Å². The Bertz CT molecular complexity index is 388. The van der Waals surface area contributed by atoms with Crippen molar-refractivity contribution in [1.82, 2.24) is 4.98 Å². The molecule has 1 fully saturated rings. The number of primary amides is 1. The lowest BCUT2D eigenvalue weighted by Crippen LogP contribution is -2.21. The molecule has 1 heterocycles. The third kappa shape index (κ3) is 2.72. The van der Waals surface area contributed by atoms with E-state index in [4.69, 9.17) is 5.73 Å². The third-order valence-electron chi connectivity index (χ3n) is 2.84. The first-order chi connectivity index (χ1) is 7.66. The van der Waals surface area contributed by atoms with Crippen LogP contribution in [0.3, 0.4) is 0 Å². The molecule has 0 aromatic carbocycles. The number of hydrogen-bond acceptors (Lipinski definition) is 3. The molecule has 3 N–H and O–H groups in total. The number of carbonyl (C=O) groups excluding carboxylic acids is 1. The highest BCUT2D eigenvalue weighted by Crippen LogP contribution is 2.34. The first-order valence-electron chi connectivity index (χ1n) is 5.68. The topological polar surface area (TPSA) is 68.0 Å². The summed E-state index contributed by atoms with van der Waals surface area (Å²) in [6, 6.07) is 3.75. The molecule has 2 rings (SSSR count). The Morgan fingerprint density at radius 1 is 1.69 bits per heavy atom. The Hall–Kier alpha value is -1.58. The van der Waals surface area contributed by atoms with E-state index < -0.39 is 5.91 Å². The highest BCUT2D eigenvalue weighted by molar-refractivity contribution is 5.97. The third-order valence-corrected chi connectivity index (χ3v) is 2.84. The molecule has 1 unspecified atom stereocenters. The Labute approximate surface area is 95.3 Å². The largest absolute Gasteiger partial charge is 0.367 e. The van der Waals surface area contributed by atoms with Crippen LogP contribution >= 0.6 is 0 Å². The lowest BCUT2D eigenvalue weighted by atomic mass is 10.1. The molecule has 0 bridgehead atoms. The zero-order valence-corrected chi connectivity index (χ0v) is 9.44. The number of hydrogen-bond donors (Lipinski definition) is 2. The normalized spacial score (nSPS) is 16.8. The lowest BCUT2D eigenvalue weighted by Gasteiger charge is -2.15. The van der Waals surface area contributed by atoms with Gasteiger partial charge in [-0.1, -0.05) is 12.8 Å². The minimum Gasteiger partial charge on any atom is -0.367 e. The molecule has 1 amide bonds. The summed E-state index contributed by atoms with van der Waals surface area (Å²) in [6.45, 7) is 2.11. The summed E-state index contributed by atoms with van der Waals surface area (Å²) >= 11 is 0. The van der Waals surface area contributed by atoms with Gasteiger partial charge in [-0.05, 0) is 31.4 Å². The molecule has 86 valence electrons. The number of amides is 1. The van der Waals surface area contributed by atoms with Gasteiger partial charge in [-0.25, -0.2) is 4.98 Å². The second kappa shape index (κ2) is 4.51. The summed E-state index contributed by atoms with van der Waals surface area (Å²) < 4.78 is 0. The second-order valence-corrected chi connectivity index (χ2v) is 4.49. The summed E-state index contributed by atoms with van der Waals surface area (Å²) in [6.07, 6.45) is 5.46. The number of carbonyl (C=O) groups is 1. The summed E-state index contributed by atoms with van der Waals surface area (Å²) in [5.74, 6) is 1.01. The molecule has 1 aromatic heterocycles. The van der Waals surface area contributed by atoms with Crippen LogP contribution in [0.2, 0.25) is 0 Å². The standard InChI is InChI=1S/C12H17N3O/c1-8(7-9-4-5-9)15-12-10(11(13)16)3-2-6-14-12/h2-3,6,8-9H,4-5,7H2,1H3,(H2,13,16)(H,14,15). The van der Waals surface area contributed by atoms with Crippen LogP contribution in [0.15, 0.2) is 18.3 Å². The van der Waals surface area contributed by atoms with E-state index >= 15 is 0 Å². The van der Waals surface area contributed by atoms with Gasteiger partial charge < -0.3 is 11.1 Å². The predicted octanol–water partition coefficient (Wildman–Crippen LogP) is 1.78. The molecule has 1 aliphatic rings. The maximum Gasteiger partial charge on any atom is 0.252 e. The zero-order chi connectivity index (χ0) is 11.5. The first kappa shape index (κ1) is 10.9. The fraction of sp³-hybridized carbons (Fsp3) is 0.500. The maximum atomic E-state index is 11.2. The van der Waals surface area contributed by atoms with E-state index in [9.17, 15) is 4.79 Å². The molecule has 1 saturated carbocycles. The second-order valence-electron chi connectivity index (χ2n) is 4.49. The van der Waals surface area contributed by atoms with Crippen LogP contribution in [0.1, 0.15) is 36.5 Å². The van der Waals surface area contributed by atoms with Gasteiger partial charge in [-0.15, -0.1) is 0 Å². The molecule has 0 saturated heterocycles. The Balaban J connectivity index is 2.04. The molecule has 1 aromatic rings. The minimum atomic E-state index is -0.436. The Morgan fingerprint density at radius 3 is 3.06 bits per heavy atom. The average molecular weight is 219 g/mol. The number of anilines is 1. The van der Waals surface area contributed by atoms with Gasteiger partial charge in [0.2, 0.25) is 0 Å². The maximum absolute atomic E-state index is 11.2. The number of rotatable bonds is 5. The number of nitrogens with zero attached hydrogens (tertiary/aromatic N) is 1. The molecular formula is C12H17N3O. The minimum absolute atomic E-state index is 0.334. The molecular weight excluding hydrogens is 202 g/mol. The summed E-state index contributed by atoms with van der Waals surface area (Å²) in [7, 11) is 0. The number of aromatic nitrogens is 1. The van der Waals surface area contributed by atoms with Crippen LogP contribution in [0.5, 0.6) is 0 Å². The van der Waals surface area contributed by atoms with Crippen molar-refractivity contribution < 1.29 is 4.79 Å². The average Bonchev–Trinajstić information content (AvgIpc) is 3.02. The molecule has 1 aliphatic carbocycles. The smallest absolute Gasteiger partial charge is 0.252 e. The van der Waals surface area contributed by atoms with Gasteiger partial charge >= 0.3 is 0 Å². The number of pyridine rings is 1.